The molecule has 0 aliphatic carbocycles. The zero-order valence-corrected chi connectivity index (χ0v) is 8.79. The number of nitrogens with zero attached hydrogens (tertiary/aromatic N) is 1. The quantitative estimate of drug-likeness (QED) is 0.703. The number of piperidine rings is 1. The average molecular weight is 215 g/mol. The van der Waals surface area contributed by atoms with E-state index in [9.17, 15) is 4.79 Å². The summed E-state index contributed by atoms with van der Waals surface area (Å²) in [5.74, 6) is -0.179. The summed E-state index contributed by atoms with van der Waals surface area (Å²) in [5, 5.41) is 0. The van der Waals surface area contributed by atoms with Gasteiger partial charge in [-0.25, -0.2) is 0 Å². The predicted octanol–water partition coefficient (Wildman–Crippen LogP) is 0.800. The van der Waals surface area contributed by atoms with Crippen LogP contribution < -0.4 is 5.73 Å². The molecular weight excluding hydrogens is 199 g/mol. The van der Waals surface area contributed by atoms with Crippen molar-refractivity contribution in [1.82, 2.24) is 4.90 Å². The van der Waals surface area contributed by atoms with Crippen molar-refractivity contribution in [2.24, 2.45) is 5.73 Å². The van der Waals surface area contributed by atoms with Crippen LogP contribution in [0.1, 0.15) is 19.3 Å². The molecule has 0 saturated carbocycles. The number of rotatable bonds is 1. The fourth-order valence-electron chi connectivity index (χ4n) is 1.43. The monoisotopic (exact) mass is 214 g/mol. The Kier molecular flexibility index (Phi) is 7.89. The van der Waals surface area contributed by atoms with Gasteiger partial charge >= 0.3 is 0 Å². The minimum Gasteiger partial charge on any atom is -0.368 e. The first-order valence-corrected chi connectivity index (χ1v) is 3.71. The first-order chi connectivity index (χ1) is 4.72. The van der Waals surface area contributed by atoms with E-state index >= 15 is 0 Å². The van der Waals surface area contributed by atoms with Gasteiger partial charge < -0.3 is 5.73 Å². The summed E-state index contributed by atoms with van der Waals surface area (Å²) in [6, 6.07) is -0.00579. The lowest BCUT2D eigenvalue weighted by atomic mass is 10.0. The van der Waals surface area contributed by atoms with E-state index < -0.39 is 0 Å². The highest BCUT2D eigenvalue weighted by Gasteiger charge is 2.22. The summed E-state index contributed by atoms with van der Waals surface area (Å²) in [6.45, 7) is 1.01. The summed E-state index contributed by atoms with van der Waals surface area (Å²) in [6.07, 6.45) is 3.27. The van der Waals surface area contributed by atoms with Gasteiger partial charge in [-0.05, 0) is 26.4 Å². The maximum atomic E-state index is 10.7. The molecule has 0 bridgehead atoms. The summed E-state index contributed by atoms with van der Waals surface area (Å²) in [7, 11) is 1.95. The average Bonchev–Trinajstić information content (AvgIpc) is 1.88. The van der Waals surface area contributed by atoms with Gasteiger partial charge in [0.2, 0.25) is 5.91 Å². The van der Waals surface area contributed by atoms with Crippen LogP contribution in [0.3, 0.4) is 0 Å². The number of primary amides is 1. The Morgan fingerprint density at radius 2 is 2.00 bits per heavy atom. The fourth-order valence-corrected chi connectivity index (χ4v) is 1.43. The van der Waals surface area contributed by atoms with Crippen LogP contribution in [0.2, 0.25) is 0 Å². The molecular formula is C7H16Cl2N2O. The number of carbonyl (C=O) groups excluding carboxylic acids is 1. The number of likely N-dealkylation sites (N-methyl/N-ethyl adjacent to an activating group) is 1. The molecule has 0 aromatic rings. The van der Waals surface area contributed by atoms with Gasteiger partial charge in [-0.15, -0.1) is 24.8 Å². The Labute approximate surface area is 85.5 Å². The second kappa shape index (κ2) is 6.52. The van der Waals surface area contributed by atoms with Crippen molar-refractivity contribution in [2.45, 2.75) is 25.3 Å². The normalized spacial score (nSPS) is 23.6. The minimum absolute atomic E-state index is 0. The van der Waals surface area contributed by atoms with Gasteiger partial charge in [0, 0.05) is 0 Å². The first kappa shape index (κ1) is 14.5. The third-order valence-electron chi connectivity index (χ3n) is 2.10. The second-order valence-electron chi connectivity index (χ2n) is 2.89. The van der Waals surface area contributed by atoms with Crippen LogP contribution in [0.5, 0.6) is 0 Å². The summed E-state index contributed by atoms with van der Waals surface area (Å²) < 4.78 is 0. The molecule has 1 aliphatic heterocycles. The maximum absolute atomic E-state index is 10.7. The molecule has 74 valence electrons. The van der Waals surface area contributed by atoms with Crippen molar-refractivity contribution in [1.29, 1.82) is 0 Å². The molecule has 1 amide bonds. The number of carbonyl (C=O) groups is 1. The van der Waals surface area contributed by atoms with Gasteiger partial charge in [-0.1, -0.05) is 6.42 Å². The van der Waals surface area contributed by atoms with E-state index in [1.165, 1.54) is 6.42 Å². The smallest absolute Gasteiger partial charge is 0.234 e. The lowest BCUT2D eigenvalue weighted by Crippen LogP contribution is -2.45. The summed E-state index contributed by atoms with van der Waals surface area (Å²) >= 11 is 0. The topological polar surface area (TPSA) is 46.3 Å². The summed E-state index contributed by atoms with van der Waals surface area (Å²) in [5.41, 5.74) is 5.18. The highest BCUT2D eigenvalue weighted by atomic mass is 35.5. The molecule has 1 unspecified atom stereocenters. The minimum atomic E-state index is -0.179. The fraction of sp³-hybridized carbons (Fsp3) is 0.857. The largest absolute Gasteiger partial charge is 0.368 e. The molecule has 0 aromatic heterocycles. The molecule has 5 heteroatoms. The zero-order valence-electron chi connectivity index (χ0n) is 7.16. The highest BCUT2D eigenvalue weighted by Crippen LogP contribution is 2.13. The van der Waals surface area contributed by atoms with Crippen LogP contribution in [-0.4, -0.2) is 30.4 Å². The molecule has 0 spiro atoms. The SMILES string of the molecule is CN1CCCCC1C(N)=O.Cl.Cl. The number of halogens is 2. The molecule has 1 heterocycles. The molecule has 1 atom stereocenters. The van der Waals surface area contributed by atoms with Gasteiger partial charge in [0.15, 0.2) is 0 Å². The lowest BCUT2D eigenvalue weighted by Gasteiger charge is -2.29. The van der Waals surface area contributed by atoms with Crippen LogP contribution in [-0.2, 0) is 4.79 Å². The van der Waals surface area contributed by atoms with Crippen molar-refractivity contribution in [3.8, 4) is 0 Å². The van der Waals surface area contributed by atoms with Crippen molar-refractivity contribution in [2.75, 3.05) is 13.6 Å². The number of likely N-dealkylation sites (tertiary alicyclic amines) is 1. The van der Waals surface area contributed by atoms with Crippen molar-refractivity contribution < 1.29 is 4.79 Å². The Hall–Kier alpha value is 0.01000. The third kappa shape index (κ3) is 3.61. The van der Waals surface area contributed by atoms with E-state index in [2.05, 4.69) is 0 Å². The Balaban J connectivity index is 0. The molecule has 1 saturated heterocycles. The Morgan fingerprint density at radius 3 is 2.33 bits per heavy atom. The second-order valence-corrected chi connectivity index (χ2v) is 2.89. The van der Waals surface area contributed by atoms with Gasteiger partial charge in [0.1, 0.15) is 0 Å². The van der Waals surface area contributed by atoms with E-state index in [0.29, 0.717) is 0 Å². The van der Waals surface area contributed by atoms with Gasteiger partial charge in [0.25, 0.3) is 0 Å². The van der Waals surface area contributed by atoms with Crippen molar-refractivity contribution in [3.05, 3.63) is 0 Å². The Bertz CT molecular complexity index is 143. The van der Waals surface area contributed by atoms with Crippen LogP contribution in [0.25, 0.3) is 0 Å². The standard InChI is InChI=1S/C7H14N2O.2ClH/c1-9-5-3-2-4-6(9)7(8)10;;/h6H,2-5H2,1H3,(H2,8,10);2*1H. The van der Waals surface area contributed by atoms with Crippen LogP contribution in [0, 0.1) is 0 Å². The van der Waals surface area contributed by atoms with E-state index in [4.69, 9.17) is 5.73 Å². The molecule has 2 N–H and O–H groups in total. The molecule has 0 aromatic carbocycles. The first-order valence-electron chi connectivity index (χ1n) is 3.71. The van der Waals surface area contributed by atoms with Gasteiger partial charge in [-0.3, -0.25) is 9.69 Å². The Morgan fingerprint density at radius 1 is 1.42 bits per heavy atom. The molecule has 3 nitrogen and oxygen atoms in total. The van der Waals surface area contributed by atoms with Gasteiger partial charge in [-0.2, -0.15) is 0 Å². The molecule has 1 fully saturated rings. The van der Waals surface area contributed by atoms with E-state index in [-0.39, 0.29) is 36.8 Å². The maximum Gasteiger partial charge on any atom is 0.234 e. The molecule has 12 heavy (non-hydrogen) atoms. The number of hydrogen-bond donors (Lipinski definition) is 1. The molecule has 1 aliphatic rings. The van der Waals surface area contributed by atoms with Crippen LogP contribution in [0.15, 0.2) is 0 Å². The molecule has 1 rings (SSSR count). The lowest BCUT2D eigenvalue weighted by molar-refractivity contribution is -0.123. The highest BCUT2D eigenvalue weighted by molar-refractivity contribution is 5.85. The van der Waals surface area contributed by atoms with E-state index in [1.807, 2.05) is 11.9 Å². The number of hydrogen-bond acceptors (Lipinski definition) is 2. The van der Waals surface area contributed by atoms with Crippen LogP contribution in [0.4, 0.5) is 0 Å². The van der Waals surface area contributed by atoms with Gasteiger partial charge in [0.05, 0.1) is 6.04 Å². The third-order valence-corrected chi connectivity index (χ3v) is 2.10. The van der Waals surface area contributed by atoms with Crippen molar-refractivity contribution in [3.63, 3.8) is 0 Å². The van der Waals surface area contributed by atoms with Crippen molar-refractivity contribution >= 4 is 30.7 Å². The number of amides is 1. The zero-order chi connectivity index (χ0) is 7.56. The number of nitrogens with two attached hydrogens (primary N) is 1. The molecule has 0 radical (unpaired) electrons. The predicted molar refractivity (Wildman–Crippen MR) is 54.0 cm³/mol. The van der Waals surface area contributed by atoms with E-state index in [0.717, 1.165) is 19.4 Å². The van der Waals surface area contributed by atoms with E-state index in [1.54, 1.807) is 0 Å². The van der Waals surface area contributed by atoms with Crippen LogP contribution >= 0.6 is 24.8 Å². The summed E-state index contributed by atoms with van der Waals surface area (Å²) in [4.78, 5) is 12.8.